The van der Waals surface area contributed by atoms with Gasteiger partial charge in [-0.1, -0.05) is 0 Å². The van der Waals surface area contributed by atoms with Crippen molar-refractivity contribution in [2.24, 2.45) is 0 Å². The average Bonchev–Trinajstić information content (AvgIpc) is 2.67. The number of rotatable bonds is 3. The quantitative estimate of drug-likeness (QED) is 0.590. The summed E-state index contributed by atoms with van der Waals surface area (Å²) in [6.07, 6.45) is 0.855. The topological polar surface area (TPSA) is 78.4 Å². The molecule has 5 nitrogen and oxygen atoms in total. The largest absolute Gasteiger partial charge is 0.465 e. The van der Waals surface area contributed by atoms with Crippen molar-refractivity contribution < 1.29 is 14.7 Å². The van der Waals surface area contributed by atoms with Gasteiger partial charge in [0, 0.05) is 6.04 Å². The lowest BCUT2D eigenvalue weighted by molar-refractivity contribution is -0.120. The predicted molar refractivity (Wildman–Crippen MR) is 44.4 cm³/mol. The second-order valence-corrected chi connectivity index (χ2v) is 2.50. The zero-order chi connectivity index (χ0) is 8.27. The van der Waals surface area contributed by atoms with Crippen molar-refractivity contribution in [2.45, 2.75) is 18.9 Å². The molecule has 0 aliphatic heterocycles. The van der Waals surface area contributed by atoms with Gasteiger partial charge >= 0.3 is 6.09 Å². The second kappa shape index (κ2) is 4.82. The molecule has 1 aliphatic rings. The maximum atomic E-state index is 10.8. The predicted octanol–water partition coefficient (Wildman–Crippen LogP) is -0.0456. The first-order valence-electron chi connectivity index (χ1n) is 3.44. The summed E-state index contributed by atoms with van der Waals surface area (Å²) in [5.74, 6) is -0.255. The lowest BCUT2D eigenvalue weighted by Gasteiger charge is -2.01. The van der Waals surface area contributed by atoms with Gasteiger partial charge in [0.1, 0.15) is 0 Å². The fourth-order valence-electron chi connectivity index (χ4n) is 0.662. The van der Waals surface area contributed by atoms with E-state index in [9.17, 15) is 9.59 Å². The van der Waals surface area contributed by atoms with Crippen molar-refractivity contribution in [3.8, 4) is 0 Å². The van der Waals surface area contributed by atoms with Crippen molar-refractivity contribution in [2.75, 3.05) is 6.54 Å². The minimum Gasteiger partial charge on any atom is -0.465 e. The molecule has 0 aromatic heterocycles. The molecule has 0 heterocycles. The minimum atomic E-state index is -1.17. The summed E-state index contributed by atoms with van der Waals surface area (Å²) < 4.78 is 0. The van der Waals surface area contributed by atoms with Crippen LogP contribution in [0, 0.1) is 0 Å². The third kappa shape index (κ3) is 4.79. The smallest absolute Gasteiger partial charge is 0.405 e. The number of carboxylic acid groups (broad SMARTS) is 1. The van der Waals surface area contributed by atoms with Gasteiger partial charge in [-0.15, -0.1) is 12.4 Å². The first kappa shape index (κ1) is 11.0. The molecule has 12 heavy (non-hydrogen) atoms. The van der Waals surface area contributed by atoms with Gasteiger partial charge in [0.05, 0.1) is 6.54 Å². The molecule has 0 spiro atoms. The van der Waals surface area contributed by atoms with Crippen molar-refractivity contribution in [1.82, 2.24) is 10.6 Å². The van der Waals surface area contributed by atoms with Crippen LogP contribution < -0.4 is 10.6 Å². The number of carbonyl (C=O) groups excluding carboxylic acids is 1. The molecule has 3 N–H and O–H groups in total. The average molecular weight is 195 g/mol. The highest BCUT2D eigenvalue weighted by Gasteiger charge is 2.22. The standard InChI is InChI=1S/C6H10N2O3.ClH/c9-5(3-7-6(10)11)8-4-1-2-4;/h4,7H,1-3H2,(H,8,9)(H,10,11);1H. The summed E-state index contributed by atoms with van der Waals surface area (Å²) in [5.41, 5.74) is 0. The lowest BCUT2D eigenvalue weighted by Crippen LogP contribution is -2.37. The molecule has 1 rings (SSSR count). The summed E-state index contributed by atoms with van der Waals surface area (Å²) in [4.78, 5) is 20.7. The van der Waals surface area contributed by atoms with E-state index in [1.54, 1.807) is 0 Å². The van der Waals surface area contributed by atoms with Crippen LogP contribution in [0.2, 0.25) is 0 Å². The Morgan fingerprint density at radius 1 is 1.42 bits per heavy atom. The fraction of sp³-hybridized carbons (Fsp3) is 0.667. The van der Waals surface area contributed by atoms with Crippen LogP contribution in [0.25, 0.3) is 0 Å². The normalized spacial score (nSPS) is 14.3. The molecule has 0 atom stereocenters. The SMILES string of the molecule is Cl.O=C(O)NCC(=O)NC1CC1. The molecule has 1 aliphatic carbocycles. The number of carbonyl (C=O) groups is 2. The van der Waals surface area contributed by atoms with E-state index in [0.29, 0.717) is 0 Å². The summed E-state index contributed by atoms with van der Waals surface area (Å²) in [7, 11) is 0. The molecule has 2 amide bonds. The van der Waals surface area contributed by atoms with Crippen LogP contribution in [0.5, 0.6) is 0 Å². The van der Waals surface area contributed by atoms with Gasteiger partial charge in [-0.3, -0.25) is 4.79 Å². The third-order valence-electron chi connectivity index (χ3n) is 1.34. The summed E-state index contributed by atoms with van der Waals surface area (Å²) in [6.45, 7) is -0.147. The van der Waals surface area contributed by atoms with Crippen LogP contribution in [0.15, 0.2) is 0 Å². The van der Waals surface area contributed by atoms with Gasteiger partial charge in [-0.05, 0) is 12.8 Å². The Bertz CT molecular complexity index is 182. The number of nitrogens with one attached hydrogen (secondary N) is 2. The molecule has 0 aromatic carbocycles. The van der Waals surface area contributed by atoms with Crippen LogP contribution in [-0.2, 0) is 4.79 Å². The molecule has 0 aromatic rings. The molecule has 0 radical (unpaired) electrons. The lowest BCUT2D eigenvalue weighted by atomic mass is 10.5. The molecular formula is C6H11ClN2O3. The van der Waals surface area contributed by atoms with Gasteiger partial charge in [0.15, 0.2) is 0 Å². The van der Waals surface area contributed by atoms with E-state index in [0.717, 1.165) is 12.8 Å². The first-order valence-corrected chi connectivity index (χ1v) is 3.44. The van der Waals surface area contributed by atoms with Gasteiger partial charge in [0.2, 0.25) is 5.91 Å². The van der Waals surface area contributed by atoms with Gasteiger partial charge in [-0.25, -0.2) is 4.79 Å². The molecular weight excluding hydrogens is 184 g/mol. The number of halogens is 1. The zero-order valence-corrected chi connectivity index (χ0v) is 7.19. The Labute approximate surface area is 75.9 Å². The molecule has 0 bridgehead atoms. The highest BCUT2D eigenvalue weighted by molar-refractivity contribution is 5.85. The Balaban J connectivity index is 0.00000121. The van der Waals surface area contributed by atoms with Crippen LogP contribution in [-0.4, -0.2) is 29.7 Å². The Kier molecular flexibility index (Phi) is 4.43. The highest BCUT2D eigenvalue weighted by atomic mass is 35.5. The third-order valence-corrected chi connectivity index (χ3v) is 1.34. The molecule has 6 heteroatoms. The number of amides is 2. The zero-order valence-electron chi connectivity index (χ0n) is 6.37. The molecule has 0 saturated heterocycles. The van der Waals surface area contributed by atoms with E-state index < -0.39 is 6.09 Å². The van der Waals surface area contributed by atoms with E-state index in [1.165, 1.54) is 0 Å². The van der Waals surface area contributed by atoms with Crippen molar-refractivity contribution in [3.05, 3.63) is 0 Å². The fourth-order valence-corrected chi connectivity index (χ4v) is 0.662. The van der Waals surface area contributed by atoms with Crippen molar-refractivity contribution in [1.29, 1.82) is 0 Å². The van der Waals surface area contributed by atoms with Crippen molar-refractivity contribution in [3.63, 3.8) is 0 Å². The van der Waals surface area contributed by atoms with Gasteiger partial charge < -0.3 is 15.7 Å². The van der Waals surface area contributed by atoms with Crippen LogP contribution in [0.4, 0.5) is 4.79 Å². The van der Waals surface area contributed by atoms with E-state index in [1.807, 2.05) is 5.32 Å². The highest BCUT2D eigenvalue weighted by Crippen LogP contribution is 2.17. The maximum absolute atomic E-state index is 10.8. The number of hydrogen-bond donors (Lipinski definition) is 3. The van der Waals surface area contributed by atoms with E-state index in [-0.39, 0.29) is 30.9 Å². The van der Waals surface area contributed by atoms with Gasteiger partial charge in [-0.2, -0.15) is 0 Å². The molecule has 70 valence electrons. The van der Waals surface area contributed by atoms with Crippen molar-refractivity contribution >= 4 is 24.4 Å². The minimum absolute atomic E-state index is 0. The van der Waals surface area contributed by atoms with Gasteiger partial charge in [0.25, 0.3) is 0 Å². The Morgan fingerprint density at radius 3 is 2.42 bits per heavy atom. The van der Waals surface area contributed by atoms with E-state index >= 15 is 0 Å². The molecule has 1 saturated carbocycles. The monoisotopic (exact) mass is 194 g/mol. The second-order valence-electron chi connectivity index (χ2n) is 2.50. The first-order chi connectivity index (χ1) is 5.18. The van der Waals surface area contributed by atoms with Crippen LogP contribution >= 0.6 is 12.4 Å². The maximum Gasteiger partial charge on any atom is 0.405 e. The van der Waals surface area contributed by atoms with E-state index in [2.05, 4.69) is 5.32 Å². The molecule has 0 unspecified atom stereocenters. The summed E-state index contributed by atoms with van der Waals surface area (Å²) >= 11 is 0. The number of hydrogen-bond acceptors (Lipinski definition) is 2. The summed E-state index contributed by atoms with van der Waals surface area (Å²) in [6, 6.07) is 0.290. The van der Waals surface area contributed by atoms with Crippen LogP contribution in [0.3, 0.4) is 0 Å². The summed E-state index contributed by atoms with van der Waals surface area (Å²) in [5, 5.41) is 12.7. The van der Waals surface area contributed by atoms with Crippen LogP contribution in [0.1, 0.15) is 12.8 Å². The Hall–Kier alpha value is -0.970. The molecule has 1 fully saturated rings. The Morgan fingerprint density at radius 2 is 2.00 bits per heavy atom. The van der Waals surface area contributed by atoms with E-state index in [4.69, 9.17) is 5.11 Å².